The van der Waals surface area contributed by atoms with E-state index in [4.69, 9.17) is 9.47 Å². The molecule has 0 unspecified atom stereocenters. The molecular formula is C35H35N5O5. The van der Waals surface area contributed by atoms with E-state index in [0.717, 1.165) is 55.4 Å². The first kappa shape index (κ1) is 29.2. The highest BCUT2D eigenvalue weighted by Gasteiger charge is 2.40. The molecule has 3 aliphatic rings. The predicted molar refractivity (Wildman–Crippen MR) is 168 cm³/mol. The molecule has 4 atom stereocenters. The smallest absolute Gasteiger partial charge is 0.266 e. The van der Waals surface area contributed by atoms with Crippen LogP contribution < -0.4 is 9.80 Å². The average Bonchev–Trinajstić information content (AvgIpc) is 3.35. The fourth-order valence-corrected chi connectivity index (χ4v) is 6.37. The van der Waals surface area contributed by atoms with Crippen LogP contribution in [0, 0.1) is 5.92 Å². The summed E-state index contributed by atoms with van der Waals surface area (Å²) in [4.78, 5) is 40.7. The summed E-state index contributed by atoms with van der Waals surface area (Å²) in [6, 6.07) is 23.8. The zero-order valence-corrected chi connectivity index (χ0v) is 25.0. The molecule has 4 aromatic rings. The molecule has 7 rings (SSSR count). The van der Waals surface area contributed by atoms with Crippen molar-refractivity contribution in [2.75, 3.05) is 42.5 Å². The number of aliphatic hydroxyl groups is 1. The Kier molecular flexibility index (Phi) is 8.12. The third kappa shape index (κ3) is 5.73. The molecule has 2 amide bonds. The second-order valence-electron chi connectivity index (χ2n) is 11.7. The number of nitrogens with zero attached hydrogens (tertiary/aromatic N) is 5. The van der Waals surface area contributed by atoms with Gasteiger partial charge in [-0.15, -0.1) is 0 Å². The van der Waals surface area contributed by atoms with Crippen molar-refractivity contribution in [1.82, 2.24) is 14.9 Å². The highest BCUT2D eigenvalue weighted by atomic mass is 16.7. The second kappa shape index (κ2) is 12.5. The molecular weight excluding hydrogens is 570 g/mol. The zero-order valence-electron chi connectivity index (χ0n) is 25.0. The lowest BCUT2D eigenvalue weighted by molar-refractivity contribution is -0.276. The van der Waals surface area contributed by atoms with Crippen molar-refractivity contribution in [2.45, 2.75) is 32.0 Å². The number of imide groups is 1. The summed E-state index contributed by atoms with van der Waals surface area (Å²) in [5.41, 5.74) is 3.99. The molecule has 230 valence electrons. The van der Waals surface area contributed by atoms with Crippen molar-refractivity contribution < 1.29 is 24.2 Å². The predicted octanol–water partition coefficient (Wildman–Crippen LogP) is 4.38. The second-order valence-corrected chi connectivity index (χ2v) is 11.7. The van der Waals surface area contributed by atoms with Gasteiger partial charge in [0.05, 0.1) is 35.6 Å². The van der Waals surface area contributed by atoms with Gasteiger partial charge in [0, 0.05) is 56.6 Å². The number of aromatic nitrogens is 2. The molecule has 1 N–H and O–H groups in total. The first-order valence-corrected chi connectivity index (χ1v) is 15.3. The van der Waals surface area contributed by atoms with Crippen molar-refractivity contribution in [3.63, 3.8) is 0 Å². The number of anilines is 2. The van der Waals surface area contributed by atoms with E-state index in [1.807, 2.05) is 42.5 Å². The monoisotopic (exact) mass is 605 g/mol. The Labute approximate surface area is 261 Å². The molecule has 10 nitrogen and oxygen atoms in total. The lowest BCUT2D eigenvalue weighted by Gasteiger charge is -2.44. The number of aliphatic hydroxyl groups excluding tert-OH is 1. The van der Waals surface area contributed by atoms with Gasteiger partial charge >= 0.3 is 0 Å². The first-order chi connectivity index (χ1) is 22.0. The van der Waals surface area contributed by atoms with E-state index in [9.17, 15) is 14.7 Å². The van der Waals surface area contributed by atoms with E-state index in [1.54, 1.807) is 48.8 Å². The van der Waals surface area contributed by atoms with Gasteiger partial charge in [0.25, 0.3) is 11.8 Å². The Bertz CT molecular complexity index is 1620. The minimum Gasteiger partial charge on any atom is -0.392 e. The van der Waals surface area contributed by atoms with Crippen molar-refractivity contribution >= 4 is 23.5 Å². The van der Waals surface area contributed by atoms with Gasteiger partial charge in [-0.2, -0.15) is 0 Å². The van der Waals surface area contributed by atoms with Crippen LogP contribution in [-0.4, -0.2) is 70.6 Å². The van der Waals surface area contributed by atoms with Crippen LogP contribution in [-0.2, 0) is 16.1 Å². The van der Waals surface area contributed by atoms with Gasteiger partial charge < -0.3 is 19.5 Å². The van der Waals surface area contributed by atoms with E-state index in [2.05, 4.69) is 26.7 Å². The van der Waals surface area contributed by atoms with Gasteiger partial charge in [0.15, 0.2) is 6.29 Å². The van der Waals surface area contributed by atoms with Crippen LogP contribution in [0.3, 0.4) is 0 Å². The van der Waals surface area contributed by atoms with Gasteiger partial charge in [-0.3, -0.25) is 14.5 Å². The maximum Gasteiger partial charge on any atom is 0.266 e. The van der Waals surface area contributed by atoms with Crippen molar-refractivity contribution in [1.29, 1.82) is 0 Å². The number of hydrogen-bond donors (Lipinski definition) is 1. The van der Waals surface area contributed by atoms with Gasteiger partial charge in [0.2, 0.25) is 5.95 Å². The molecule has 45 heavy (non-hydrogen) atoms. The third-order valence-electron chi connectivity index (χ3n) is 8.99. The number of rotatable bonds is 7. The van der Waals surface area contributed by atoms with E-state index in [1.165, 1.54) is 4.90 Å². The van der Waals surface area contributed by atoms with E-state index >= 15 is 0 Å². The molecule has 0 radical (unpaired) electrons. The number of carbonyl (C=O) groups excluding carboxylic acids is 2. The number of amides is 2. The molecule has 3 aromatic carbocycles. The fraction of sp³-hybridized carbons (Fsp3) is 0.314. The van der Waals surface area contributed by atoms with Crippen LogP contribution in [0.4, 0.5) is 11.6 Å². The summed E-state index contributed by atoms with van der Waals surface area (Å²) < 4.78 is 13.3. The number of ether oxygens (including phenoxy) is 2. The Morgan fingerprint density at radius 2 is 1.40 bits per heavy atom. The molecule has 2 fully saturated rings. The van der Waals surface area contributed by atoms with E-state index in [0.29, 0.717) is 16.8 Å². The number of hydrogen-bond acceptors (Lipinski definition) is 9. The summed E-state index contributed by atoms with van der Waals surface area (Å²) in [7, 11) is 0. The Balaban J connectivity index is 1.10. The van der Waals surface area contributed by atoms with Gasteiger partial charge in [0.1, 0.15) is 0 Å². The molecule has 10 heteroatoms. The average molecular weight is 606 g/mol. The highest BCUT2D eigenvalue weighted by molar-refractivity contribution is 6.34. The molecule has 1 aromatic heterocycles. The topological polar surface area (TPSA) is 108 Å². The molecule has 4 heterocycles. The standard InChI is InChI=1S/C35H35N5O5/c1-23-30(21-38-17-19-39(20-18-38)35-36-15-4-16-37-35)44-34(45-31(23)25-9-7-24(22-41)8-10-25)26-11-13-27(14-12-26)40-32(42)28-5-2-3-6-29(28)33(40)43/h2-16,23,30-31,34,41H,17-22H2,1H3/t23-,30+,31+,34+/m0/s1. The maximum atomic E-state index is 13.0. The number of fused-ring (bicyclic) bond motifs is 1. The number of piperazine rings is 1. The van der Waals surface area contributed by atoms with Crippen LogP contribution in [0.5, 0.6) is 0 Å². The Hall–Kier alpha value is -4.48. The van der Waals surface area contributed by atoms with E-state index < -0.39 is 6.29 Å². The molecule has 3 aliphatic heterocycles. The third-order valence-corrected chi connectivity index (χ3v) is 8.99. The molecule has 0 aliphatic carbocycles. The summed E-state index contributed by atoms with van der Waals surface area (Å²) in [6.45, 7) is 6.26. The number of carbonyl (C=O) groups is 2. The van der Waals surface area contributed by atoms with Gasteiger partial charge in [-0.1, -0.05) is 55.5 Å². The molecule has 0 bridgehead atoms. The Morgan fingerprint density at radius 1 is 0.778 bits per heavy atom. The van der Waals surface area contributed by atoms with Crippen molar-refractivity contribution in [3.8, 4) is 0 Å². The molecule has 0 spiro atoms. The van der Waals surface area contributed by atoms with Crippen LogP contribution >= 0.6 is 0 Å². The maximum absolute atomic E-state index is 13.0. The minimum atomic E-state index is -0.649. The zero-order chi connectivity index (χ0) is 30.9. The van der Waals surface area contributed by atoms with Gasteiger partial charge in [-0.05, 0) is 41.5 Å². The summed E-state index contributed by atoms with van der Waals surface area (Å²) >= 11 is 0. The largest absolute Gasteiger partial charge is 0.392 e. The first-order valence-electron chi connectivity index (χ1n) is 15.3. The number of benzene rings is 3. The summed E-state index contributed by atoms with van der Waals surface area (Å²) in [5.74, 6) is 0.152. The summed E-state index contributed by atoms with van der Waals surface area (Å²) in [6.07, 6.45) is 2.53. The van der Waals surface area contributed by atoms with Crippen molar-refractivity contribution in [2.24, 2.45) is 5.92 Å². The van der Waals surface area contributed by atoms with E-state index in [-0.39, 0.29) is 36.5 Å². The lowest BCUT2D eigenvalue weighted by atomic mass is 9.90. The Morgan fingerprint density at radius 3 is 2.02 bits per heavy atom. The van der Waals surface area contributed by atoms with Crippen LogP contribution in [0.1, 0.15) is 56.7 Å². The minimum absolute atomic E-state index is 0.0187. The lowest BCUT2D eigenvalue weighted by Crippen LogP contribution is -2.51. The molecule has 2 saturated heterocycles. The quantitative estimate of drug-likeness (QED) is 0.307. The SMILES string of the molecule is C[C@H]1[C@@H](CN2CCN(c3ncccn3)CC2)O[C@@H](c2ccc(N3C(=O)c4ccccc4C3=O)cc2)O[C@H]1c1ccc(CO)cc1. The van der Waals surface area contributed by atoms with Crippen LogP contribution in [0.2, 0.25) is 0 Å². The highest BCUT2D eigenvalue weighted by Crippen LogP contribution is 2.42. The van der Waals surface area contributed by atoms with Crippen molar-refractivity contribution in [3.05, 3.63) is 119 Å². The van der Waals surface area contributed by atoms with Gasteiger partial charge in [-0.25, -0.2) is 14.9 Å². The van der Waals surface area contributed by atoms with Crippen LogP contribution in [0.15, 0.2) is 91.3 Å². The normalized spacial score (nSPS) is 23.8. The summed E-state index contributed by atoms with van der Waals surface area (Å²) in [5, 5.41) is 9.57. The fourth-order valence-electron chi connectivity index (χ4n) is 6.37. The van der Waals surface area contributed by atoms with Crippen LogP contribution in [0.25, 0.3) is 0 Å². The molecule has 0 saturated carbocycles.